The topological polar surface area (TPSA) is 32.8 Å². The van der Waals surface area contributed by atoms with Crippen molar-refractivity contribution in [2.75, 3.05) is 31.1 Å². The molecule has 0 aromatic heterocycles. The molecule has 4 nitrogen and oxygen atoms in total. The Morgan fingerprint density at radius 2 is 1.67 bits per heavy atom. The first kappa shape index (κ1) is 19.8. The highest BCUT2D eigenvalue weighted by Crippen LogP contribution is 2.33. The van der Waals surface area contributed by atoms with Gasteiger partial charge in [-0.15, -0.1) is 0 Å². The molecule has 0 bridgehead atoms. The highest BCUT2D eigenvalue weighted by atomic mass is 16.6. The molecule has 1 aromatic rings. The van der Waals surface area contributed by atoms with E-state index in [1.807, 2.05) is 25.7 Å². The smallest absolute Gasteiger partial charge is 0.410 e. The molecule has 4 heteroatoms. The number of amides is 1. The Bertz CT molecular complexity index is 667. The van der Waals surface area contributed by atoms with E-state index in [-0.39, 0.29) is 6.09 Å². The van der Waals surface area contributed by atoms with Crippen molar-refractivity contribution in [2.45, 2.75) is 64.9 Å². The molecule has 1 saturated heterocycles. The van der Waals surface area contributed by atoms with Crippen molar-refractivity contribution < 1.29 is 9.53 Å². The maximum absolute atomic E-state index is 12.3. The summed E-state index contributed by atoms with van der Waals surface area (Å²) in [5.41, 5.74) is 3.75. The molecule has 1 amide bonds. The van der Waals surface area contributed by atoms with E-state index in [1.165, 1.54) is 55.3 Å². The van der Waals surface area contributed by atoms with E-state index in [2.05, 4.69) is 35.2 Å². The fraction of sp³-hybridized carbons (Fsp3) is 0.609. The Morgan fingerprint density at radius 1 is 0.963 bits per heavy atom. The monoisotopic (exact) mass is 370 g/mol. The standard InChI is InChI=1S/C23H34N2O2/c1-23(2,3)27-22(26)25-17-15-24(16-18-25)21-14-10-9-13-20(21)19-11-7-5-4-6-8-12-19/h9-11,13-14H,4-8,12,15-18H2,1-3H3. The lowest BCUT2D eigenvalue weighted by Crippen LogP contribution is -2.50. The van der Waals surface area contributed by atoms with Crippen LogP contribution in [0.5, 0.6) is 0 Å². The van der Waals surface area contributed by atoms with Crippen LogP contribution in [0, 0.1) is 0 Å². The van der Waals surface area contributed by atoms with E-state index in [9.17, 15) is 4.79 Å². The van der Waals surface area contributed by atoms with E-state index < -0.39 is 5.60 Å². The SMILES string of the molecule is CC(C)(C)OC(=O)N1CCN(c2ccccc2C2=CCCCCCC2)CC1. The highest BCUT2D eigenvalue weighted by molar-refractivity contribution is 5.77. The Morgan fingerprint density at radius 3 is 2.41 bits per heavy atom. The van der Waals surface area contributed by atoms with Gasteiger partial charge in [-0.05, 0) is 58.1 Å². The molecule has 1 aromatic carbocycles. The summed E-state index contributed by atoms with van der Waals surface area (Å²) in [5, 5.41) is 0. The van der Waals surface area contributed by atoms with Crippen LogP contribution in [0.2, 0.25) is 0 Å². The molecule has 0 spiro atoms. The van der Waals surface area contributed by atoms with Crippen LogP contribution in [0.3, 0.4) is 0 Å². The van der Waals surface area contributed by atoms with Crippen molar-refractivity contribution >= 4 is 17.4 Å². The number of anilines is 1. The van der Waals surface area contributed by atoms with Crippen LogP contribution in [-0.4, -0.2) is 42.8 Å². The summed E-state index contributed by atoms with van der Waals surface area (Å²) in [4.78, 5) is 16.6. The van der Waals surface area contributed by atoms with Gasteiger partial charge in [-0.1, -0.05) is 37.1 Å². The molecule has 148 valence electrons. The van der Waals surface area contributed by atoms with Crippen LogP contribution in [0.1, 0.15) is 64.9 Å². The molecular weight excluding hydrogens is 336 g/mol. The summed E-state index contributed by atoms with van der Waals surface area (Å²) in [6.07, 6.45) is 9.91. The number of hydrogen-bond acceptors (Lipinski definition) is 3. The Kier molecular flexibility index (Phi) is 6.46. The normalized spacial score (nSPS) is 19.1. The molecule has 1 fully saturated rings. The van der Waals surface area contributed by atoms with Crippen LogP contribution in [0.15, 0.2) is 30.3 Å². The van der Waals surface area contributed by atoms with Crippen molar-refractivity contribution in [1.82, 2.24) is 4.90 Å². The third kappa shape index (κ3) is 5.50. The second-order valence-corrected chi connectivity index (χ2v) is 8.65. The number of benzene rings is 1. The number of ether oxygens (including phenoxy) is 1. The summed E-state index contributed by atoms with van der Waals surface area (Å²) in [5.74, 6) is 0. The van der Waals surface area contributed by atoms with Gasteiger partial charge in [-0.2, -0.15) is 0 Å². The van der Waals surface area contributed by atoms with Gasteiger partial charge in [0.05, 0.1) is 0 Å². The van der Waals surface area contributed by atoms with Gasteiger partial charge in [0.1, 0.15) is 5.60 Å². The zero-order chi connectivity index (χ0) is 19.3. The van der Waals surface area contributed by atoms with Crippen molar-refractivity contribution in [3.05, 3.63) is 35.9 Å². The second-order valence-electron chi connectivity index (χ2n) is 8.65. The minimum absolute atomic E-state index is 0.196. The maximum atomic E-state index is 12.3. The quantitative estimate of drug-likeness (QED) is 0.691. The van der Waals surface area contributed by atoms with Gasteiger partial charge in [-0.25, -0.2) is 4.79 Å². The number of allylic oxidation sites excluding steroid dienone is 2. The molecule has 3 rings (SSSR count). The summed E-state index contributed by atoms with van der Waals surface area (Å²) in [6, 6.07) is 8.78. The fourth-order valence-electron chi connectivity index (χ4n) is 3.91. The van der Waals surface area contributed by atoms with Gasteiger partial charge in [-0.3, -0.25) is 0 Å². The molecule has 0 radical (unpaired) electrons. The first-order valence-corrected chi connectivity index (χ1v) is 10.5. The number of carbonyl (C=O) groups is 1. The van der Waals surface area contributed by atoms with E-state index in [0.29, 0.717) is 13.1 Å². The van der Waals surface area contributed by atoms with Crippen molar-refractivity contribution in [1.29, 1.82) is 0 Å². The van der Waals surface area contributed by atoms with Crippen molar-refractivity contribution in [3.63, 3.8) is 0 Å². The molecular formula is C23H34N2O2. The van der Waals surface area contributed by atoms with E-state index in [0.717, 1.165) is 13.1 Å². The number of carbonyl (C=O) groups excluding carboxylic acids is 1. The summed E-state index contributed by atoms with van der Waals surface area (Å²) in [7, 11) is 0. The molecule has 1 aliphatic heterocycles. The minimum atomic E-state index is -0.439. The van der Waals surface area contributed by atoms with Crippen LogP contribution in [0.25, 0.3) is 5.57 Å². The molecule has 0 N–H and O–H groups in total. The first-order chi connectivity index (χ1) is 12.9. The molecule has 1 aliphatic carbocycles. The van der Waals surface area contributed by atoms with Crippen LogP contribution in [-0.2, 0) is 4.74 Å². The zero-order valence-electron chi connectivity index (χ0n) is 17.2. The van der Waals surface area contributed by atoms with Crippen LogP contribution >= 0.6 is 0 Å². The molecule has 0 saturated carbocycles. The van der Waals surface area contributed by atoms with E-state index >= 15 is 0 Å². The molecule has 2 aliphatic rings. The maximum Gasteiger partial charge on any atom is 0.410 e. The predicted octanol–water partition coefficient (Wildman–Crippen LogP) is 5.48. The Hall–Kier alpha value is -1.97. The lowest BCUT2D eigenvalue weighted by atomic mass is 9.93. The third-order valence-electron chi connectivity index (χ3n) is 5.31. The third-order valence-corrected chi connectivity index (χ3v) is 5.31. The number of hydrogen-bond donors (Lipinski definition) is 0. The Labute approximate surface area is 164 Å². The van der Waals surface area contributed by atoms with Crippen LogP contribution in [0.4, 0.5) is 10.5 Å². The second kappa shape index (κ2) is 8.81. The van der Waals surface area contributed by atoms with Gasteiger partial charge >= 0.3 is 6.09 Å². The molecule has 0 atom stereocenters. The van der Waals surface area contributed by atoms with Gasteiger partial charge in [0.2, 0.25) is 0 Å². The summed E-state index contributed by atoms with van der Waals surface area (Å²) in [6.45, 7) is 8.87. The van der Waals surface area contributed by atoms with Crippen molar-refractivity contribution in [3.8, 4) is 0 Å². The number of rotatable bonds is 2. The largest absolute Gasteiger partial charge is 0.444 e. The summed E-state index contributed by atoms with van der Waals surface area (Å²) >= 11 is 0. The lowest BCUT2D eigenvalue weighted by Gasteiger charge is -2.37. The molecule has 0 unspecified atom stereocenters. The number of para-hydroxylation sites is 1. The fourth-order valence-corrected chi connectivity index (χ4v) is 3.91. The van der Waals surface area contributed by atoms with E-state index in [1.54, 1.807) is 0 Å². The Balaban J connectivity index is 1.69. The molecule has 27 heavy (non-hydrogen) atoms. The number of nitrogens with zero attached hydrogens (tertiary/aromatic N) is 2. The predicted molar refractivity (Wildman–Crippen MR) is 112 cm³/mol. The van der Waals surface area contributed by atoms with Crippen LogP contribution < -0.4 is 4.90 Å². The lowest BCUT2D eigenvalue weighted by molar-refractivity contribution is 0.0240. The molecule has 1 heterocycles. The van der Waals surface area contributed by atoms with Gasteiger partial charge in [0, 0.05) is 37.4 Å². The average molecular weight is 371 g/mol. The van der Waals surface area contributed by atoms with Gasteiger partial charge in [0.25, 0.3) is 0 Å². The highest BCUT2D eigenvalue weighted by Gasteiger charge is 2.26. The zero-order valence-corrected chi connectivity index (χ0v) is 17.2. The van der Waals surface area contributed by atoms with Crippen molar-refractivity contribution in [2.24, 2.45) is 0 Å². The van der Waals surface area contributed by atoms with E-state index in [4.69, 9.17) is 4.74 Å². The minimum Gasteiger partial charge on any atom is -0.444 e. The number of piperazine rings is 1. The van der Waals surface area contributed by atoms with Gasteiger partial charge in [0.15, 0.2) is 0 Å². The van der Waals surface area contributed by atoms with Gasteiger partial charge < -0.3 is 14.5 Å². The first-order valence-electron chi connectivity index (χ1n) is 10.5. The summed E-state index contributed by atoms with van der Waals surface area (Å²) < 4.78 is 5.52. The average Bonchev–Trinajstić information content (AvgIpc) is 2.60.